The van der Waals surface area contributed by atoms with E-state index in [0.29, 0.717) is 0 Å². The highest BCUT2D eigenvalue weighted by Gasteiger charge is 1.22. The Kier molecular flexibility index (Phi) is 237. The Labute approximate surface area is 32.1 Å². The molecule has 0 spiro atoms. The van der Waals surface area contributed by atoms with Gasteiger partial charge in [-0.2, -0.15) is 0 Å². The summed E-state index contributed by atoms with van der Waals surface area (Å²) in [7, 11) is -1.42. The van der Waals surface area contributed by atoms with Gasteiger partial charge in [0.05, 0.1) is 0 Å². The largest absolute Gasteiger partial charge is 0.549 e. The zero-order valence-electron chi connectivity index (χ0n) is 2.47. The van der Waals surface area contributed by atoms with Crippen LogP contribution < -0.4 is 0 Å². The molecule has 0 aromatic carbocycles. The van der Waals surface area contributed by atoms with Gasteiger partial charge in [-0.1, -0.05) is 0 Å². The second kappa shape index (κ2) is 134. The maximum absolute atomic E-state index is 8.40. The monoisotopic (exact) mass is 86.0 g/mol. The molecular formula is C2H2O2Si. The molecule has 0 saturated heterocycles. The summed E-state index contributed by atoms with van der Waals surface area (Å²) < 4.78 is 16.8. The van der Waals surface area contributed by atoms with Crippen LogP contribution in [0.1, 0.15) is 0 Å². The van der Waals surface area contributed by atoms with Gasteiger partial charge in [-0.15, -0.1) is 12.8 Å². The molecule has 0 aromatic heterocycles. The molecule has 0 saturated carbocycles. The standard InChI is InChI=1S/C2H2.O2Si/c1-2;1-3-2/h1-2H;. The van der Waals surface area contributed by atoms with Gasteiger partial charge in [0.15, 0.2) is 0 Å². The fourth-order valence-electron chi connectivity index (χ4n) is 0. The van der Waals surface area contributed by atoms with Crippen molar-refractivity contribution in [2.75, 3.05) is 0 Å². The van der Waals surface area contributed by atoms with E-state index in [9.17, 15) is 0 Å². The van der Waals surface area contributed by atoms with Gasteiger partial charge in [0, 0.05) is 0 Å². The van der Waals surface area contributed by atoms with Crippen molar-refractivity contribution in [3.63, 3.8) is 0 Å². The van der Waals surface area contributed by atoms with Crippen LogP contribution in [0.3, 0.4) is 0 Å². The predicted molar refractivity (Wildman–Crippen MR) is 17.0 cm³/mol. The molecule has 0 heterocycles. The van der Waals surface area contributed by atoms with E-state index >= 15 is 0 Å². The lowest BCUT2D eigenvalue weighted by Gasteiger charge is -0.944. The summed E-state index contributed by atoms with van der Waals surface area (Å²) >= 11 is 0. The van der Waals surface area contributed by atoms with Crippen molar-refractivity contribution in [1.29, 1.82) is 0 Å². The van der Waals surface area contributed by atoms with Crippen LogP contribution in [0.4, 0.5) is 0 Å². The highest BCUT2D eigenvalue weighted by Crippen LogP contribution is 0.759. The van der Waals surface area contributed by atoms with Gasteiger partial charge in [0.1, 0.15) is 0 Å². The molecular weight excluding hydrogens is 84.1 g/mol. The zero-order valence-corrected chi connectivity index (χ0v) is 3.47. The molecule has 0 aliphatic heterocycles. The summed E-state index contributed by atoms with van der Waals surface area (Å²) in [5.41, 5.74) is 0. The van der Waals surface area contributed by atoms with Gasteiger partial charge in [-0.3, -0.25) is 8.92 Å². The van der Waals surface area contributed by atoms with E-state index in [1.165, 1.54) is 0 Å². The van der Waals surface area contributed by atoms with Crippen LogP contribution in [0.25, 0.3) is 0 Å². The van der Waals surface area contributed by atoms with Gasteiger partial charge in [-0.05, 0) is 0 Å². The Hall–Kier alpha value is -0.623. The molecule has 0 aromatic rings. The lowest BCUT2D eigenvalue weighted by atomic mass is 11.4. The minimum atomic E-state index is -1.42. The van der Waals surface area contributed by atoms with Crippen molar-refractivity contribution in [3.8, 4) is 12.8 Å². The maximum atomic E-state index is 8.40. The third-order valence-corrected chi connectivity index (χ3v) is 0. The molecule has 0 fully saturated rings. The first-order chi connectivity index (χ1) is 2.41. The first-order valence-electron chi connectivity index (χ1n) is 0.742. The first-order valence-corrected chi connectivity index (χ1v) is 1.56. The molecule has 3 heteroatoms. The van der Waals surface area contributed by atoms with Crippen molar-refractivity contribution in [1.82, 2.24) is 0 Å². The summed E-state index contributed by atoms with van der Waals surface area (Å²) in [5, 5.41) is 0. The Morgan fingerprint density at radius 1 is 1.20 bits per heavy atom. The first kappa shape index (κ1) is 8.83. The molecule has 0 atom stereocenters. The van der Waals surface area contributed by atoms with E-state index in [1.54, 1.807) is 0 Å². The maximum Gasteiger partial charge on any atom is 0.549 e. The fraction of sp³-hybridized carbons (Fsp3) is 0. The minimum absolute atomic E-state index is 1.42. The van der Waals surface area contributed by atoms with Gasteiger partial charge in [-0.25, -0.2) is 0 Å². The zero-order chi connectivity index (χ0) is 4.71. The SMILES string of the molecule is C#C.O=[Si]=O. The van der Waals surface area contributed by atoms with Gasteiger partial charge in [0.25, 0.3) is 0 Å². The quantitative estimate of drug-likeness (QED) is 0.298. The van der Waals surface area contributed by atoms with Crippen molar-refractivity contribution >= 4 is 9.29 Å². The van der Waals surface area contributed by atoms with E-state index in [4.69, 9.17) is 8.92 Å². The second-order valence-corrected chi connectivity index (χ2v) is 0.250. The van der Waals surface area contributed by atoms with Gasteiger partial charge in [0.2, 0.25) is 0 Å². The molecule has 0 unspecified atom stereocenters. The Morgan fingerprint density at radius 3 is 1.20 bits per heavy atom. The normalized spacial score (nSPS) is 2.00. The average molecular weight is 86.1 g/mol. The van der Waals surface area contributed by atoms with Gasteiger partial charge < -0.3 is 0 Å². The molecule has 0 aliphatic carbocycles. The summed E-state index contributed by atoms with van der Waals surface area (Å²) in [6.07, 6.45) is 8.00. The number of hydrogen-bond acceptors (Lipinski definition) is 2. The summed E-state index contributed by atoms with van der Waals surface area (Å²) in [6.45, 7) is 0. The van der Waals surface area contributed by atoms with Crippen LogP contribution >= 0.6 is 0 Å². The molecule has 26 valence electrons. The van der Waals surface area contributed by atoms with Crippen LogP contribution in [0.2, 0.25) is 0 Å². The molecule has 5 heavy (non-hydrogen) atoms. The topological polar surface area (TPSA) is 34.1 Å². The predicted octanol–water partition coefficient (Wildman–Crippen LogP) is -0.369. The Morgan fingerprint density at radius 2 is 1.20 bits per heavy atom. The number of terminal acetylenes is 1. The fourth-order valence-corrected chi connectivity index (χ4v) is 0. The third kappa shape index (κ3) is 16.5. The summed E-state index contributed by atoms with van der Waals surface area (Å²) in [5.74, 6) is 0. The minimum Gasteiger partial charge on any atom is -0.274 e. The van der Waals surface area contributed by atoms with Gasteiger partial charge >= 0.3 is 9.29 Å². The summed E-state index contributed by atoms with van der Waals surface area (Å²) in [4.78, 5) is 0. The van der Waals surface area contributed by atoms with E-state index < -0.39 is 9.29 Å². The smallest absolute Gasteiger partial charge is 0.274 e. The molecule has 0 bridgehead atoms. The lowest BCUT2D eigenvalue weighted by Crippen LogP contribution is -1.26. The lowest BCUT2D eigenvalue weighted by molar-refractivity contribution is 0.497. The Balaban J connectivity index is 0. The number of rotatable bonds is 0. The number of hydrogen-bond donors (Lipinski definition) is 0. The van der Waals surface area contributed by atoms with E-state index in [0.717, 1.165) is 0 Å². The van der Waals surface area contributed by atoms with Crippen LogP contribution in [-0.2, 0) is 8.92 Å². The highest BCUT2D eigenvalue weighted by molar-refractivity contribution is 5.94. The van der Waals surface area contributed by atoms with Crippen LogP contribution in [0.5, 0.6) is 0 Å². The van der Waals surface area contributed by atoms with E-state index in [1.807, 2.05) is 0 Å². The molecule has 0 amide bonds. The summed E-state index contributed by atoms with van der Waals surface area (Å²) in [6, 6.07) is 0. The molecule has 2 nitrogen and oxygen atoms in total. The Bertz CT molecular complexity index is 49.9. The highest BCUT2D eigenvalue weighted by atomic mass is 28.2. The van der Waals surface area contributed by atoms with Crippen LogP contribution in [0, 0.1) is 12.8 Å². The molecule has 0 aliphatic rings. The van der Waals surface area contributed by atoms with Crippen LogP contribution in [-0.4, -0.2) is 9.29 Å². The van der Waals surface area contributed by atoms with Crippen molar-refractivity contribution in [2.45, 2.75) is 0 Å². The second-order valence-electron chi connectivity index (χ2n) is 0.0833. The van der Waals surface area contributed by atoms with E-state index in [-0.39, 0.29) is 0 Å². The molecule has 0 rings (SSSR count). The molecule has 0 N–H and O–H groups in total. The average Bonchev–Trinajstić information content (AvgIpc) is 1.46. The van der Waals surface area contributed by atoms with Crippen molar-refractivity contribution in [3.05, 3.63) is 0 Å². The van der Waals surface area contributed by atoms with Crippen molar-refractivity contribution in [2.24, 2.45) is 0 Å². The van der Waals surface area contributed by atoms with Crippen molar-refractivity contribution < 1.29 is 8.92 Å². The van der Waals surface area contributed by atoms with Crippen LogP contribution in [0.15, 0.2) is 0 Å². The third-order valence-electron chi connectivity index (χ3n) is 0. The molecule has 0 radical (unpaired) electrons. The van der Waals surface area contributed by atoms with E-state index in [2.05, 4.69) is 12.8 Å².